The van der Waals surface area contributed by atoms with Crippen molar-refractivity contribution >= 4 is 10.9 Å². The molecule has 5 nitrogen and oxygen atoms in total. The third-order valence-corrected chi connectivity index (χ3v) is 4.47. The summed E-state index contributed by atoms with van der Waals surface area (Å²) in [4.78, 5) is 18.4. The minimum absolute atomic E-state index is 0.0515. The average Bonchev–Trinajstić information content (AvgIpc) is 3.08. The van der Waals surface area contributed by atoms with Crippen molar-refractivity contribution in [2.45, 2.75) is 19.8 Å². The monoisotopic (exact) mass is 344 g/mol. The number of hydrogen-bond acceptors (Lipinski definition) is 3. The largest absolute Gasteiger partial charge is 0.275 e. The molecular formula is C21H20N4O. The summed E-state index contributed by atoms with van der Waals surface area (Å²) in [6.45, 7) is 4.11. The Morgan fingerprint density at radius 2 is 1.77 bits per heavy atom. The highest BCUT2D eigenvalue weighted by atomic mass is 16.1. The van der Waals surface area contributed by atoms with Crippen LogP contribution in [0.2, 0.25) is 0 Å². The molecule has 0 amide bonds. The second-order valence-electron chi connectivity index (χ2n) is 6.70. The zero-order valence-corrected chi connectivity index (χ0v) is 15.0. The molecule has 2 heterocycles. The average molecular weight is 344 g/mol. The molecule has 26 heavy (non-hydrogen) atoms. The Morgan fingerprint density at radius 1 is 1.00 bits per heavy atom. The van der Waals surface area contributed by atoms with Crippen molar-refractivity contribution in [3.63, 3.8) is 0 Å². The van der Waals surface area contributed by atoms with Gasteiger partial charge in [-0.05, 0) is 23.8 Å². The molecule has 5 heteroatoms. The lowest BCUT2D eigenvalue weighted by Crippen LogP contribution is -2.25. The topological polar surface area (TPSA) is 52.7 Å². The number of nitrogens with zero attached hydrogens (tertiary/aromatic N) is 4. The van der Waals surface area contributed by atoms with Crippen LogP contribution in [0.1, 0.15) is 25.6 Å². The quantitative estimate of drug-likeness (QED) is 0.566. The second-order valence-corrected chi connectivity index (χ2v) is 6.70. The zero-order chi connectivity index (χ0) is 18.3. The summed E-state index contributed by atoms with van der Waals surface area (Å²) in [5.74, 6) is 0.881. The van der Waals surface area contributed by atoms with Gasteiger partial charge in [0, 0.05) is 24.7 Å². The minimum atomic E-state index is -0.0515. The molecule has 0 N–H and O–H groups in total. The number of rotatable bonds is 3. The second kappa shape index (κ2) is 6.26. The Balaban J connectivity index is 2.12. The van der Waals surface area contributed by atoms with E-state index in [0.717, 1.165) is 22.6 Å². The van der Waals surface area contributed by atoms with E-state index in [1.54, 1.807) is 15.4 Å². The molecule has 4 aromatic rings. The van der Waals surface area contributed by atoms with Gasteiger partial charge in [0.25, 0.3) is 5.56 Å². The lowest BCUT2D eigenvalue weighted by atomic mass is 10.0. The van der Waals surface area contributed by atoms with Crippen molar-refractivity contribution in [2.75, 3.05) is 0 Å². The van der Waals surface area contributed by atoms with Gasteiger partial charge in [0.2, 0.25) is 0 Å². The minimum Gasteiger partial charge on any atom is -0.275 e. The van der Waals surface area contributed by atoms with Crippen LogP contribution in [0.15, 0.2) is 65.7 Å². The number of para-hydroxylation sites is 1. The van der Waals surface area contributed by atoms with Crippen LogP contribution >= 0.6 is 0 Å². The van der Waals surface area contributed by atoms with Gasteiger partial charge in [-0.15, -0.1) is 0 Å². The van der Waals surface area contributed by atoms with Crippen LogP contribution in [0.4, 0.5) is 0 Å². The van der Waals surface area contributed by atoms with Crippen LogP contribution in [0.5, 0.6) is 0 Å². The standard InChI is InChI=1S/C21H20N4O/c1-14(2)20-23-18-11-7-10-17(15-12-22-24(3)13-15)19(18)21(26)25(20)16-8-5-4-6-9-16/h4-14H,1-3H3. The number of fused-ring (bicyclic) bond motifs is 1. The SMILES string of the molecule is CC(C)c1nc2cccc(-c3cnn(C)c3)c2c(=O)n1-c1ccccc1. The maximum atomic E-state index is 13.6. The molecule has 2 aromatic carbocycles. The highest BCUT2D eigenvalue weighted by Crippen LogP contribution is 2.27. The van der Waals surface area contributed by atoms with Crippen molar-refractivity contribution in [3.8, 4) is 16.8 Å². The first-order chi connectivity index (χ1) is 12.6. The maximum Gasteiger partial charge on any atom is 0.266 e. The van der Waals surface area contributed by atoms with Gasteiger partial charge in [-0.2, -0.15) is 5.10 Å². The molecule has 0 aliphatic carbocycles. The Labute approximate surface area is 151 Å². The molecule has 2 aromatic heterocycles. The molecular weight excluding hydrogens is 324 g/mol. The van der Waals surface area contributed by atoms with Crippen molar-refractivity contribution in [1.82, 2.24) is 19.3 Å². The summed E-state index contributed by atoms with van der Waals surface area (Å²) in [6.07, 6.45) is 3.69. The van der Waals surface area contributed by atoms with Gasteiger partial charge in [0.15, 0.2) is 0 Å². The van der Waals surface area contributed by atoms with Crippen LogP contribution in [0.25, 0.3) is 27.7 Å². The lowest BCUT2D eigenvalue weighted by Gasteiger charge is -2.17. The fraction of sp³-hybridized carbons (Fsp3) is 0.190. The zero-order valence-electron chi connectivity index (χ0n) is 15.0. The molecule has 0 atom stereocenters. The predicted molar refractivity (Wildman–Crippen MR) is 104 cm³/mol. The molecule has 0 radical (unpaired) electrons. The number of aryl methyl sites for hydroxylation is 1. The third kappa shape index (κ3) is 2.62. The maximum absolute atomic E-state index is 13.6. The molecule has 0 fully saturated rings. The van der Waals surface area contributed by atoms with Crippen LogP contribution in [0, 0.1) is 0 Å². The van der Waals surface area contributed by atoms with E-state index >= 15 is 0 Å². The molecule has 0 aliphatic heterocycles. The van der Waals surface area contributed by atoms with E-state index in [1.165, 1.54) is 0 Å². The fourth-order valence-electron chi connectivity index (χ4n) is 3.26. The van der Waals surface area contributed by atoms with E-state index < -0.39 is 0 Å². The van der Waals surface area contributed by atoms with Gasteiger partial charge in [-0.1, -0.05) is 44.2 Å². The summed E-state index contributed by atoms with van der Waals surface area (Å²) in [6, 6.07) is 15.5. The smallest absolute Gasteiger partial charge is 0.266 e. The molecule has 0 bridgehead atoms. The van der Waals surface area contributed by atoms with E-state index in [9.17, 15) is 4.79 Å². The summed E-state index contributed by atoms with van der Waals surface area (Å²) < 4.78 is 3.46. The number of hydrogen-bond donors (Lipinski definition) is 0. The molecule has 0 saturated heterocycles. The summed E-state index contributed by atoms with van der Waals surface area (Å²) in [7, 11) is 1.87. The highest BCUT2D eigenvalue weighted by Gasteiger charge is 2.18. The Bertz CT molecular complexity index is 1140. The normalized spacial score (nSPS) is 11.4. The van der Waals surface area contributed by atoms with E-state index in [1.807, 2.05) is 61.8 Å². The van der Waals surface area contributed by atoms with Crippen LogP contribution in [0.3, 0.4) is 0 Å². The van der Waals surface area contributed by atoms with Crippen LogP contribution in [-0.2, 0) is 7.05 Å². The lowest BCUT2D eigenvalue weighted by molar-refractivity contribution is 0.723. The molecule has 0 aliphatic rings. The van der Waals surface area contributed by atoms with E-state index in [2.05, 4.69) is 18.9 Å². The van der Waals surface area contributed by atoms with Crippen molar-refractivity contribution in [2.24, 2.45) is 7.05 Å². The fourth-order valence-corrected chi connectivity index (χ4v) is 3.26. The molecule has 4 rings (SSSR count). The van der Waals surface area contributed by atoms with Crippen LogP contribution < -0.4 is 5.56 Å². The predicted octanol–water partition coefficient (Wildman–Crippen LogP) is 3.91. The Morgan fingerprint density at radius 3 is 2.42 bits per heavy atom. The van der Waals surface area contributed by atoms with E-state index in [4.69, 9.17) is 4.98 Å². The number of aromatic nitrogens is 4. The molecule has 130 valence electrons. The summed E-state index contributed by atoms with van der Waals surface area (Å²) in [5.41, 5.74) is 3.26. The summed E-state index contributed by atoms with van der Waals surface area (Å²) >= 11 is 0. The number of benzene rings is 2. The van der Waals surface area contributed by atoms with E-state index in [-0.39, 0.29) is 11.5 Å². The van der Waals surface area contributed by atoms with Gasteiger partial charge in [-0.3, -0.25) is 14.0 Å². The Hall–Kier alpha value is -3.21. The molecule has 0 unspecified atom stereocenters. The van der Waals surface area contributed by atoms with Crippen molar-refractivity contribution in [1.29, 1.82) is 0 Å². The molecule has 0 spiro atoms. The first-order valence-corrected chi connectivity index (χ1v) is 8.66. The van der Waals surface area contributed by atoms with Gasteiger partial charge in [-0.25, -0.2) is 4.98 Å². The van der Waals surface area contributed by atoms with Gasteiger partial charge >= 0.3 is 0 Å². The van der Waals surface area contributed by atoms with E-state index in [0.29, 0.717) is 10.9 Å². The van der Waals surface area contributed by atoms with Crippen molar-refractivity contribution in [3.05, 3.63) is 77.1 Å². The van der Waals surface area contributed by atoms with Crippen LogP contribution in [-0.4, -0.2) is 19.3 Å². The third-order valence-electron chi connectivity index (χ3n) is 4.47. The van der Waals surface area contributed by atoms with Gasteiger partial charge < -0.3 is 0 Å². The van der Waals surface area contributed by atoms with Gasteiger partial charge in [0.1, 0.15) is 5.82 Å². The summed E-state index contributed by atoms with van der Waals surface area (Å²) in [5, 5.41) is 4.86. The van der Waals surface area contributed by atoms with Crippen molar-refractivity contribution < 1.29 is 0 Å². The molecule has 0 saturated carbocycles. The first kappa shape index (κ1) is 16.3. The highest BCUT2D eigenvalue weighted by molar-refractivity contribution is 5.94. The Kier molecular flexibility index (Phi) is 3.92. The van der Waals surface area contributed by atoms with Gasteiger partial charge in [0.05, 0.1) is 22.8 Å². The first-order valence-electron chi connectivity index (χ1n) is 8.66.